The number of nitrogens with zero attached hydrogens (tertiary/aromatic N) is 6. The van der Waals surface area contributed by atoms with E-state index in [-0.39, 0.29) is 0 Å². The Morgan fingerprint density at radius 3 is 1.33 bits per heavy atom. The molecule has 7 rings (SSSR count). The van der Waals surface area contributed by atoms with Gasteiger partial charge in [-0.1, -0.05) is 35.4 Å². The van der Waals surface area contributed by atoms with Crippen molar-refractivity contribution in [2.75, 3.05) is 20.3 Å². The Hall–Kier alpha value is -6.62. The lowest BCUT2D eigenvalue weighted by molar-refractivity contribution is 0.247. The quantitative estimate of drug-likeness (QED) is 0.0863. The minimum atomic E-state index is 0.339. The monoisotopic (exact) mass is 678 g/mol. The van der Waals surface area contributed by atoms with Crippen molar-refractivity contribution in [3.05, 3.63) is 126 Å². The van der Waals surface area contributed by atoms with Gasteiger partial charge in [-0.05, 0) is 105 Å². The zero-order valence-electron chi connectivity index (χ0n) is 28.3. The standard InChI is InChI=1S/C40H34N6O5/c1-26-5-9-28(10-6-26)37-43-45-39(50-37)30-23-31(40-46-44-38(51-40)29-11-7-27(2)8-12-29)25-36(24-30)49-22-4-21-48-35-19-15-33(16-20-35)42-41-32-13-17-34(47-3)18-14-32/h5-20,23-25H,4,21-22H2,1-3H3. The van der Waals surface area contributed by atoms with Crippen LogP contribution >= 0.6 is 0 Å². The second kappa shape index (κ2) is 15.3. The maximum Gasteiger partial charge on any atom is 0.248 e. The van der Waals surface area contributed by atoms with Gasteiger partial charge < -0.3 is 23.0 Å². The summed E-state index contributed by atoms with van der Waals surface area (Å²) in [5.74, 6) is 3.60. The molecule has 0 aliphatic carbocycles. The second-order valence-corrected chi connectivity index (χ2v) is 11.7. The maximum absolute atomic E-state index is 6.19. The van der Waals surface area contributed by atoms with Gasteiger partial charge in [0.1, 0.15) is 17.2 Å². The molecule has 0 saturated heterocycles. The molecule has 0 N–H and O–H groups in total. The maximum atomic E-state index is 6.19. The molecule has 0 aliphatic heterocycles. The van der Waals surface area contributed by atoms with Crippen molar-refractivity contribution in [3.8, 4) is 63.1 Å². The molecule has 2 aromatic heterocycles. The third-order valence-corrected chi connectivity index (χ3v) is 7.86. The molecule has 0 unspecified atom stereocenters. The first-order chi connectivity index (χ1) is 25.0. The van der Waals surface area contributed by atoms with Crippen LogP contribution < -0.4 is 14.2 Å². The van der Waals surface area contributed by atoms with Crippen LogP contribution in [0.4, 0.5) is 11.4 Å². The van der Waals surface area contributed by atoms with Crippen molar-refractivity contribution >= 4 is 11.4 Å². The summed E-state index contributed by atoms with van der Waals surface area (Å²) in [5.41, 5.74) is 6.72. The van der Waals surface area contributed by atoms with Crippen LogP contribution in [-0.4, -0.2) is 40.7 Å². The lowest BCUT2D eigenvalue weighted by Gasteiger charge is -2.10. The van der Waals surface area contributed by atoms with Crippen LogP contribution in [0.15, 0.2) is 134 Å². The number of methoxy groups -OCH3 is 1. The normalized spacial score (nSPS) is 11.2. The highest BCUT2D eigenvalue weighted by Crippen LogP contribution is 2.33. The molecule has 0 amide bonds. The Morgan fingerprint density at radius 2 is 0.882 bits per heavy atom. The van der Waals surface area contributed by atoms with Gasteiger partial charge in [-0.15, -0.1) is 20.4 Å². The number of azo groups is 1. The molecule has 0 fully saturated rings. The summed E-state index contributed by atoms with van der Waals surface area (Å²) in [5, 5.41) is 25.8. The molecule has 0 bridgehead atoms. The van der Waals surface area contributed by atoms with E-state index in [1.807, 2.05) is 129 Å². The van der Waals surface area contributed by atoms with Gasteiger partial charge in [-0.2, -0.15) is 10.2 Å². The van der Waals surface area contributed by atoms with E-state index in [2.05, 4.69) is 30.6 Å². The molecule has 7 aromatic rings. The summed E-state index contributed by atoms with van der Waals surface area (Å²) in [4.78, 5) is 0. The number of aromatic nitrogens is 4. The van der Waals surface area contributed by atoms with E-state index < -0.39 is 0 Å². The minimum absolute atomic E-state index is 0.339. The summed E-state index contributed by atoms with van der Waals surface area (Å²) >= 11 is 0. The summed E-state index contributed by atoms with van der Waals surface area (Å²) in [6, 6.07) is 36.2. The first-order valence-corrected chi connectivity index (χ1v) is 16.4. The van der Waals surface area contributed by atoms with E-state index in [0.717, 1.165) is 45.1 Å². The van der Waals surface area contributed by atoms with Crippen LogP contribution in [0.5, 0.6) is 17.2 Å². The Labute approximate surface area is 294 Å². The van der Waals surface area contributed by atoms with E-state index in [1.54, 1.807) is 7.11 Å². The summed E-state index contributed by atoms with van der Waals surface area (Å²) < 4.78 is 29.5. The summed E-state index contributed by atoms with van der Waals surface area (Å²) in [6.07, 6.45) is 0.634. The highest BCUT2D eigenvalue weighted by molar-refractivity contribution is 5.69. The van der Waals surface area contributed by atoms with Crippen molar-refractivity contribution in [1.29, 1.82) is 0 Å². The number of hydrogen-bond donors (Lipinski definition) is 0. The minimum Gasteiger partial charge on any atom is -0.497 e. The number of aryl methyl sites for hydroxylation is 2. The lowest BCUT2D eigenvalue weighted by Crippen LogP contribution is -2.05. The zero-order valence-corrected chi connectivity index (χ0v) is 28.3. The van der Waals surface area contributed by atoms with Gasteiger partial charge >= 0.3 is 0 Å². The molecule has 0 spiro atoms. The summed E-state index contributed by atoms with van der Waals surface area (Å²) in [6.45, 7) is 4.91. The highest BCUT2D eigenvalue weighted by atomic mass is 16.5. The average Bonchev–Trinajstić information content (AvgIpc) is 3.87. The van der Waals surface area contributed by atoms with E-state index in [0.29, 0.717) is 60.1 Å². The molecule has 11 heteroatoms. The van der Waals surface area contributed by atoms with Crippen LogP contribution in [0.3, 0.4) is 0 Å². The molecule has 254 valence electrons. The Bertz CT molecular complexity index is 2120. The van der Waals surface area contributed by atoms with Gasteiger partial charge in [-0.3, -0.25) is 0 Å². The van der Waals surface area contributed by atoms with Crippen LogP contribution in [0.25, 0.3) is 45.8 Å². The SMILES string of the molecule is COc1ccc(N=Nc2ccc(OCCCOc3cc(-c4nnc(-c5ccc(C)cc5)o4)cc(-c4nnc(-c5ccc(C)cc5)o4)c3)cc2)cc1. The van der Waals surface area contributed by atoms with Crippen LogP contribution in [0.2, 0.25) is 0 Å². The molecule has 0 saturated carbocycles. The van der Waals surface area contributed by atoms with Crippen molar-refractivity contribution in [3.63, 3.8) is 0 Å². The van der Waals surface area contributed by atoms with Crippen LogP contribution in [-0.2, 0) is 0 Å². The van der Waals surface area contributed by atoms with Gasteiger partial charge in [0.25, 0.3) is 0 Å². The number of benzene rings is 5. The Kier molecular flexibility index (Phi) is 9.87. The lowest BCUT2D eigenvalue weighted by atomic mass is 10.1. The molecule has 11 nitrogen and oxygen atoms in total. The predicted molar refractivity (Wildman–Crippen MR) is 193 cm³/mol. The summed E-state index contributed by atoms with van der Waals surface area (Å²) in [7, 11) is 1.63. The zero-order chi connectivity index (χ0) is 35.0. The Balaban J connectivity index is 1.02. The molecule has 0 atom stereocenters. The predicted octanol–water partition coefficient (Wildman–Crippen LogP) is 10.0. The first-order valence-electron chi connectivity index (χ1n) is 16.4. The van der Waals surface area contributed by atoms with Crippen molar-refractivity contribution in [1.82, 2.24) is 20.4 Å². The average molecular weight is 679 g/mol. The van der Waals surface area contributed by atoms with E-state index in [1.165, 1.54) is 0 Å². The molecule has 0 aliphatic rings. The fourth-order valence-electron chi connectivity index (χ4n) is 5.05. The number of hydrogen-bond acceptors (Lipinski definition) is 11. The van der Waals surface area contributed by atoms with E-state index in [9.17, 15) is 0 Å². The molecule has 2 heterocycles. The van der Waals surface area contributed by atoms with E-state index >= 15 is 0 Å². The van der Waals surface area contributed by atoms with Gasteiger partial charge in [0.2, 0.25) is 23.6 Å². The Morgan fingerprint density at radius 1 is 0.471 bits per heavy atom. The van der Waals surface area contributed by atoms with Gasteiger partial charge in [0.05, 0.1) is 31.7 Å². The van der Waals surface area contributed by atoms with Gasteiger partial charge in [0, 0.05) is 28.7 Å². The molecule has 0 radical (unpaired) electrons. The van der Waals surface area contributed by atoms with Crippen molar-refractivity contribution in [2.24, 2.45) is 10.2 Å². The van der Waals surface area contributed by atoms with E-state index in [4.69, 9.17) is 23.0 Å². The van der Waals surface area contributed by atoms with Crippen LogP contribution in [0.1, 0.15) is 17.5 Å². The molecular formula is C40H34N6O5. The fourth-order valence-corrected chi connectivity index (χ4v) is 5.05. The highest BCUT2D eigenvalue weighted by Gasteiger charge is 2.17. The van der Waals surface area contributed by atoms with Crippen LogP contribution in [0, 0.1) is 13.8 Å². The molecule has 51 heavy (non-hydrogen) atoms. The third-order valence-electron chi connectivity index (χ3n) is 7.86. The fraction of sp³-hybridized carbons (Fsp3) is 0.150. The second-order valence-electron chi connectivity index (χ2n) is 11.7. The number of ether oxygens (including phenoxy) is 3. The van der Waals surface area contributed by atoms with Crippen molar-refractivity contribution in [2.45, 2.75) is 20.3 Å². The van der Waals surface area contributed by atoms with Gasteiger partial charge in [-0.25, -0.2) is 0 Å². The molecule has 5 aromatic carbocycles. The molecular weight excluding hydrogens is 644 g/mol. The van der Waals surface area contributed by atoms with Gasteiger partial charge in [0.15, 0.2) is 0 Å². The third kappa shape index (κ3) is 8.34. The van der Waals surface area contributed by atoms with Crippen molar-refractivity contribution < 1.29 is 23.0 Å². The number of rotatable bonds is 13. The topological polar surface area (TPSA) is 130 Å². The smallest absolute Gasteiger partial charge is 0.248 e. The largest absolute Gasteiger partial charge is 0.497 e. The first kappa shape index (κ1) is 32.9.